The first-order valence-electron chi connectivity index (χ1n) is 4.29. The zero-order valence-corrected chi connectivity index (χ0v) is 7.83. The molecule has 1 atom stereocenters. The van der Waals surface area contributed by atoms with Gasteiger partial charge in [-0.05, 0) is 30.2 Å². The highest BCUT2D eigenvalue weighted by Gasteiger charge is 2.15. The minimum Gasteiger partial charge on any atom is -0.478 e. The Morgan fingerprint density at radius 3 is 2.79 bits per heavy atom. The fraction of sp³-hybridized carbons (Fsp3) is 0.300. The van der Waals surface area contributed by atoms with Gasteiger partial charge in [-0.25, -0.2) is 9.18 Å². The summed E-state index contributed by atoms with van der Waals surface area (Å²) in [5.41, 5.74) is 5.98. The average Bonchev–Trinajstić information content (AvgIpc) is 2.16. The van der Waals surface area contributed by atoms with Crippen LogP contribution in [0.1, 0.15) is 28.8 Å². The zero-order valence-electron chi connectivity index (χ0n) is 7.83. The smallest absolute Gasteiger partial charge is 0.336 e. The zero-order chi connectivity index (χ0) is 10.7. The fourth-order valence-corrected chi connectivity index (χ4v) is 1.27. The molecule has 0 heterocycles. The van der Waals surface area contributed by atoms with Gasteiger partial charge in [0.25, 0.3) is 0 Å². The summed E-state index contributed by atoms with van der Waals surface area (Å²) in [5, 5.41) is 8.83. The molecule has 0 radical (unpaired) electrons. The first-order valence-corrected chi connectivity index (χ1v) is 4.29. The number of carbonyl (C=O) groups is 1. The molecule has 0 amide bonds. The van der Waals surface area contributed by atoms with E-state index in [0.29, 0.717) is 12.1 Å². The van der Waals surface area contributed by atoms with Crippen LogP contribution in [0.3, 0.4) is 0 Å². The molecule has 0 aliphatic rings. The normalized spacial score (nSPS) is 12.5. The van der Waals surface area contributed by atoms with Crippen LogP contribution in [0.2, 0.25) is 0 Å². The lowest BCUT2D eigenvalue weighted by molar-refractivity contribution is 0.0694. The molecule has 0 saturated carbocycles. The molecule has 1 aromatic carbocycles. The molecule has 1 rings (SSSR count). The Labute approximate surface area is 81.4 Å². The van der Waals surface area contributed by atoms with Gasteiger partial charge in [-0.1, -0.05) is 13.0 Å². The molecule has 3 N–H and O–H groups in total. The van der Waals surface area contributed by atoms with Gasteiger partial charge in [-0.2, -0.15) is 0 Å². The minimum atomic E-state index is -1.13. The van der Waals surface area contributed by atoms with Gasteiger partial charge in [0.1, 0.15) is 5.82 Å². The molecule has 14 heavy (non-hydrogen) atoms. The summed E-state index contributed by atoms with van der Waals surface area (Å²) >= 11 is 0. The molecule has 1 aromatic rings. The number of benzene rings is 1. The molecule has 0 fully saturated rings. The van der Waals surface area contributed by atoms with E-state index in [2.05, 4.69) is 0 Å². The van der Waals surface area contributed by atoms with Crippen LogP contribution in [0.4, 0.5) is 4.39 Å². The highest BCUT2D eigenvalue weighted by atomic mass is 19.1. The second-order valence-corrected chi connectivity index (χ2v) is 3.17. The average molecular weight is 197 g/mol. The van der Waals surface area contributed by atoms with Crippen molar-refractivity contribution in [1.82, 2.24) is 0 Å². The number of aromatic carboxylic acids is 1. The highest BCUT2D eigenvalue weighted by Crippen LogP contribution is 2.20. The number of hydrogen-bond acceptors (Lipinski definition) is 2. The van der Waals surface area contributed by atoms with Crippen molar-refractivity contribution in [2.24, 2.45) is 5.73 Å². The molecule has 1 unspecified atom stereocenters. The summed E-state index contributed by atoms with van der Waals surface area (Å²) in [6, 6.07) is 3.73. The maximum absolute atomic E-state index is 12.8. The Morgan fingerprint density at radius 2 is 2.29 bits per heavy atom. The second-order valence-electron chi connectivity index (χ2n) is 3.17. The van der Waals surface area contributed by atoms with Crippen LogP contribution in [-0.4, -0.2) is 17.6 Å². The molecule has 0 spiro atoms. The van der Waals surface area contributed by atoms with Crippen molar-refractivity contribution < 1.29 is 14.3 Å². The molecule has 76 valence electrons. The van der Waals surface area contributed by atoms with Crippen molar-refractivity contribution in [3.63, 3.8) is 0 Å². The predicted molar refractivity (Wildman–Crippen MR) is 50.8 cm³/mol. The standard InChI is InChI=1S/C10H12FNO2/c1-6(5-12)8-3-2-7(11)4-9(8)10(13)14/h2-4,6H,5,12H2,1H3,(H,13,14). The van der Waals surface area contributed by atoms with Gasteiger partial charge < -0.3 is 10.8 Å². The third-order valence-corrected chi connectivity index (χ3v) is 2.13. The van der Waals surface area contributed by atoms with E-state index >= 15 is 0 Å². The van der Waals surface area contributed by atoms with Crippen molar-refractivity contribution in [2.75, 3.05) is 6.54 Å². The predicted octanol–water partition coefficient (Wildman–Crippen LogP) is 1.59. The lowest BCUT2D eigenvalue weighted by Crippen LogP contribution is -2.13. The Balaban J connectivity index is 3.21. The topological polar surface area (TPSA) is 63.3 Å². The lowest BCUT2D eigenvalue weighted by Gasteiger charge is -2.11. The van der Waals surface area contributed by atoms with Crippen molar-refractivity contribution in [3.05, 3.63) is 35.1 Å². The molecule has 0 aliphatic heterocycles. The molecule has 0 saturated heterocycles. The Morgan fingerprint density at radius 1 is 1.64 bits per heavy atom. The summed E-state index contributed by atoms with van der Waals surface area (Å²) < 4.78 is 12.8. The van der Waals surface area contributed by atoms with Gasteiger partial charge in [0.2, 0.25) is 0 Å². The molecule has 3 nitrogen and oxygen atoms in total. The van der Waals surface area contributed by atoms with E-state index in [-0.39, 0.29) is 11.5 Å². The van der Waals surface area contributed by atoms with Gasteiger partial charge in [0.05, 0.1) is 5.56 Å². The number of carboxylic acids is 1. The van der Waals surface area contributed by atoms with E-state index in [1.807, 2.05) is 0 Å². The van der Waals surface area contributed by atoms with Gasteiger partial charge in [-0.3, -0.25) is 0 Å². The monoisotopic (exact) mass is 197 g/mol. The van der Waals surface area contributed by atoms with E-state index in [4.69, 9.17) is 10.8 Å². The van der Waals surface area contributed by atoms with Crippen LogP contribution >= 0.6 is 0 Å². The fourth-order valence-electron chi connectivity index (χ4n) is 1.27. The molecule has 0 aromatic heterocycles. The summed E-state index contributed by atoms with van der Waals surface area (Å²) in [7, 11) is 0. The van der Waals surface area contributed by atoms with Gasteiger partial charge >= 0.3 is 5.97 Å². The Bertz CT molecular complexity index is 352. The quantitative estimate of drug-likeness (QED) is 0.773. The molecule has 0 bridgehead atoms. The van der Waals surface area contributed by atoms with Crippen LogP contribution in [0.15, 0.2) is 18.2 Å². The second kappa shape index (κ2) is 4.19. The minimum absolute atomic E-state index is 0.0112. The summed E-state index contributed by atoms with van der Waals surface area (Å²) in [6.45, 7) is 2.14. The number of hydrogen-bond donors (Lipinski definition) is 2. The van der Waals surface area contributed by atoms with Gasteiger partial charge in [0, 0.05) is 0 Å². The van der Waals surface area contributed by atoms with E-state index in [0.717, 1.165) is 6.07 Å². The van der Waals surface area contributed by atoms with Crippen LogP contribution in [0.5, 0.6) is 0 Å². The Hall–Kier alpha value is -1.42. The first-order chi connectivity index (χ1) is 6.56. The number of carboxylic acid groups (broad SMARTS) is 1. The summed E-state index contributed by atoms with van der Waals surface area (Å²) in [4.78, 5) is 10.8. The highest BCUT2D eigenvalue weighted by molar-refractivity contribution is 5.89. The van der Waals surface area contributed by atoms with Gasteiger partial charge in [-0.15, -0.1) is 0 Å². The van der Waals surface area contributed by atoms with Gasteiger partial charge in [0.15, 0.2) is 0 Å². The van der Waals surface area contributed by atoms with Crippen LogP contribution in [0, 0.1) is 5.82 Å². The molecule has 0 aliphatic carbocycles. The van der Waals surface area contributed by atoms with Crippen LogP contribution in [-0.2, 0) is 0 Å². The van der Waals surface area contributed by atoms with Crippen LogP contribution < -0.4 is 5.73 Å². The summed E-state index contributed by atoms with van der Waals surface area (Å²) in [6.07, 6.45) is 0. The largest absolute Gasteiger partial charge is 0.478 e. The van der Waals surface area contributed by atoms with E-state index in [9.17, 15) is 9.18 Å². The van der Waals surface area contributed by atoms with Crippen molar-refractivity contribution in [2.45, 2.75) is 12.8 Å². The van der Waals surface area contributed by atoms with Crippen molar-refractivity contribution >= 4 is 5.97 Å². The van der Waals surface area contributed by atoms with E-state index in [1.54, 1.807) is 6.92 Å². The number of rotatable bonds is 3. The maximum Gasteiger partial charge on any atom is 0.336 e. The third kappa shape index (κ3) is 2.09. The van der Waals surface area contributed by atoms with E-state index in [1.165, 1.54) is 12.1 Å². The SMILES string of the molecule is CC(CN)c1ccc(F)cc1C(=O)O. The summed E-state index contributed by atoms with van der Waals surface area (Å²) in [5.74, 6) is -1.75. The first kappa shape index (κ1) is 10.7. The number of nitrogens with two attached hydrogens (primary N) is 1. The van der Waals surface area contributed by atoms with Crippen LogP contribution in [0.25, 0.3) is 0 Å². The molecular weight excluding hydrogens is 185 g/mol. The van der Waals surface area contributed by atoms with Crippen molar-refractivity contribution in [3.8, 4) is 0 Å². The molecular formula is C10H12FNO2. The molecule has 4 heteroatoms. The van der Waals surface area contributed by atoms with E-state index < -0.39 is 11.8 Å². The van der Waals surface area contributed by atoms with Crippen molar-refractivity contribution in [1.29, 1.82) is 0 Å². The Kier molecular flexibility index (Phi) is 3.19. The third-order valence-electron chi connectivity index (χ3n) is 2.13. The maximum atomic E-state index is 12.8. The lowest BCUT2D eigenvalue weighted by atomic mass is 9.96. The number of halogens is 1.